The molecule has 1 amide bonds. The van der Waals surface area contributed by atoms with E-state index in [1.165, 1.54) is 6.07 Å². The van der Waals surface area contributed by atoms with Gasteiger partial charge in [-0.3, -0.25) is 9.59 Å². The third-order valence-electron chi connectivity index (χ3n) is 5.27. The summed E-state index contributed by atoms with van der Waals surface area (Å²) in [4.78, 5) is 26.1. The molecule has 1 saturated heterocycles. The minimum absolute atomic E-state index is 0.0553. The number of likely N-dealkylation sites (tertiary alicyclic amines) is 1. The Morgan fingerprint density at radius 1 is 1.00 bits per heavy atom. The number of amides is 1. The Hall–Kier alpha value is -2.69. The zero-order chi connectivity index (χ0) is 18.6. The first-order valence-corrected chi connectivity index (χ1v) is 8.83. The van der Waals surface area contributed by atoms with Gasteiger partial charge in [0, 0.05) is 19.5 Å². The number of aryl methyl sites for hydroxylation is 1. The Bertz CT molecular complexity index is 783. The fourth-order valence-electron chi connectivity index (χ4n) is 3.62. The molecule has 0 unspecified atom stereocenters. The molecular formula is C21H22FNO3. The van der Waals surface area contributed by atoms with Crippen LogP contribution in [0.15, 0.2) is 54.6 Å². The highest BCUT2D eigenvalue weighted by molar-refractivity contribution is 5.82. The van der Waals surface area contributed by atoms with Crippen molar-refractivity contribution in [2.45, 2.75) is 31.1 Å². The number of carbonyl (C=O) groups is 2. The first-order chi connectivity index (χ1) is 12.5. The van der Waals surface area contributed by atoms with Gasteiger partial charge >= 0.3 is 5.97 Å². The second kappa shape index (κ2) is 7.68. The van der Waals surface area contributed by atoms with Crippen molar-refractivity contribution in [3.05, 3.63) is 71.5 Å². The summed E-state index contributed by atoms with van der Waals surface area (Å²) in [5.41, 5.74) is 0.372. The number of carboxylic acid groups (broad SMARTS) is 1. The van der Waals surface area contributed by atoms with E-state index in [1.54, 1.807) is 23.1 Å². The summed E-state index contributed by atoms with van der Waals surface area (Å²) >= 11 is 0. The molecule has 26 heavy (non-hydrogen) atoms. The van der Waals surface area contributed by atoms with Crippen molar-refractivity contribution < 1.29 is 19.1 Å². The van der Waals surface area contributed by atoms with Crippen LogP contribution in [0.1, 0.15) is 30.4 Å². The quantitative estimate of drug-likeness (QED) is 0.894. The van der Waals surface area contributed by atoms with Crippen LogP contribution >= 0.6 is 0 Å². The summed E-state index contributed by atoms with van der Waals surface area (Å²) in [6, 6.07) is 15.7. The largest absolute Gasteiger partial charge is 0.481 e. The molecule has 1 aliphatic heterocycles. The van der Waals surface area contributed by atoms with Gasteiger partial charge in [0.25, 0.3) is 0 Å². The van der Waals surface area contributed by atoms with Gasteiger partial charge in [-0.25, -0.2) is 4.39 Å². The lowest BCUT2D eigenvalue weighted by Crippen LogP contribution is -2.49. The van der Waals surface area contributed by atoms with E-state index in [-0.39, 0.29) is 18.1 Å². The van der Waals surface area contributed by atoms with Gasteiger partial charge in [-0.05, 0) is 36.5 Å². The zero-order valence-corrected chi connectivity index (χ0v) is 14.5. The molecule has 1 N–H and O–H groups in total. The molecule has 0 atom stereocenters. The van der Waals surface area contributed by atoms with Crippen LogP contribution in [0.3, 0.4) is 0 Å². The Labute approximate surface area is 152 Å². The van der Waals surface area contributed by atoms with E-state index < -0.39 is 11.4 Å². The van der Waals surface area contributed by atoms with Crippen molar-refractivity contribution in [1.29, 1.82) is 0 Å². The van der Waals surface area contributed by atoms with Crippen LogP contribution in [0.25, 0.3) is 0 Å². The van der Waals surface area contributed by atoms with Gasteiger partial charge < -0.3 is 10.0 Å². The van der Waals surface area contributed by atoms with E-state index in [1.807, 2.05) is 30.3 Å². The van der Waals surface area contributed by atoms with E-state index in [0.717, 1.165) is 5.56 Å². The summed E-state index contributed by atoms with van der Waals surface area (Å²) in [5.74, 6) is -1.20. The number of hydrogen-bond donors (Lipinski definition) is 1. The number of hydrogen-bond acceptors (Lipinski definition) is 2. The number of carbonyl (C=O) groups excluding carboxylic acids is 1. The van der Waals surface area contributed by atoms with Crippen LogP contribution in [-0.2, 0) is 21.4 Å². The van der Waals surface area contributed by atoms with Crippen LogP contribution in [0.4, 0.5) is 4.39 Å². The summed E-state index contributed by atoms with van der Waals surface area (Å²) in [5, 5.41) is 9.80. The van der Waals surface area contributed by atoms with Gasteiger partial charge in [-0.2, -0.15) is 0 Å². The third kappa shape index (κ3) is 3.62. The fraction of sp³-hybridized carbons (Fsp3) is 0.333. The minimum Gasteiger partial charge on any atom is -0.481 e. The van der Waals surface area contributed by atoms with Gasteiger partial charge in [0.15, 0.2) is 0 Å². The maximum absolute atomic E-state index is 13.7. The van der Waals surface area contributed by atoms with Gasteiger partial charge in [0.2, 0.25) is 5.91 Å². The van der Waals surface area contributed by atoms with Gasteiger partial charge in [-0.15, -0.1) is 0 Å². The first kappa shape index (κ1) is 18.1. The number of rotatable bonds is 5. The molecule has 1 fully saturated rings. The molecule has 1 heterocycles. The van der Waals surface area contributed by atoms with Crippen molar-refractivity contribution in [1.82, 2.24) is 4.90 Å². The Kier molecular flexibility index (Phi) is 5.35. The van der Waals surface area contributed by atoms with Crippen molar-refractivity contribution in [2.24, 2.45) is 0 Å². The summed E-state index contributed by atoms with van der Waals surface area (Å²) in [6.07, 6.45) is 1.35. The first-order valence-electron chi connectivity index (χ1n) is 8.83. The average Bonchev–Trinajstić information content (AvgIpc) is 2.67. The van der Waals surface area contributed by atoms with Crippen molar-refractivity contribution in [3.8, 4) is 0 Å². The van der Waals surface area contributed by atoms with Crippen LogP contribution in [0, 0.1) is 5.82 Å². The standard InChI is InChI=1S/C21H22FNO3/c22-18-9-5-4-6-16(18)10-11-19(24)23-14-12-21(13-15-23,20(25)26)17-7-2-1-3-8-17/h1-9H,10-15H2,(H,25,26). The number of halogens is 1. The second-order valence-electron chi connectivity index (χ2n) is 6.73. The third-order valence-corrected chi connectivity index (χ3v) is 5.27. The minimum atomic E-state index is -0.941. The molecule has 0 radical (unpaired) electrons. The lowest BCUT2D eigenvalue weighted by Gasteiger charge is -2.39. The van der Waals surface area contributed by atoms with Crippen LogP contribution in [-0.4, -0.2) is 35.0 Å². The average molecular weight is 355 g/mol. The molecular weight excluding hydrogens is 333 g/mol. The summed E-state index contributed by atoms with van der Waals surface area (Å²) in [6.45, 7) is 0.800. The topological polar surface area (TPSA) is 57.6 Å². The van der Waals surface area contributed by atoms with Gasteiger partial charge in [-0.1, -0.05) is 48.5 Å². The molecule has 1 aliphatic rings. The molecule has 0 bridgehead atoms. The van der Waals surface area contributed by atoms with Crippen LogP contribution in [0.5, 0.6) is 0 Å². The maximum atomic E-state index is 13.7. The van der Waals surface area contributed by atoms with E-state index in [0.29, 0.717) is 37.9 Å². The van der Waals surface area contributed by atoms with Crippen LogP contribution in [0.2, 0.25) is 0 Å². The molecule has 5 heteroatoms. The molecule has 0 saturated carbocycles. The van der Waals surface area contributed by atoms with Gasteiger partial charge in [0.05, 0.1) is 5.41 Å². The highest BCUT2D eigenvalue weighted by Crippen LogP contribution is 2.36. The molecule has 136 valence electrons. The number of benzene rings is 2. The lowest BCUT2D eigenvalue weighted by molar-refractivity contribution is -0.148. The number of piperidine rings is 1. The number of carboxylic acids is 1. The Balaban J connectivity index is 1.63. The molecule has 3 rings (SSSR count). The molecule has 0 aliphatic carbocycles. The summed E-state index contributed by atoms with van der Waals surface area (Å²) < 4.78 is 13.7. The van der Waals surface area contributed by atoms with Crippen LogP contribution < -0.4 is 0 Å². The van der Waals surface area contributed by atoms with E-state index in [9.17, 15) is 19.1 Å². The summed E-state index contributed by atoms with van der Waals surface area (Å²) in [7, 11) is 0. The smallest absolute Gasteiger partial charge is 0.314 e. The van der Waals surface area contributed by atoms with Gasteiger partial charge in [0.1, 0.15) is 5.82 Å². The molecule has 0 aromatic heterocycles. The highest BCUT2D eigenvalue weighted by atomic mass is 19.1. The van der Waals surface area contributed by atoms with E-state index in [4.69, 9.17) is 0 Å². The van der Waals surface area contributed by atoms with Crippen molar-refractivity contribution in [3.63, 3.8) is 0 Å². The van der Waals surface area contributed by atoms with E-state index >= 15 is 0 Å². The SMILES string of the molecule is O=C(CCc1ccccc1F)N1CCC(C(=O)O)(c2ccccc2)CC1. The predicted molar refractivity (Wildman–Crippen MR) is 96.3 cm³/mol. The highest BCUT2D eigenvalue weighted by Gasteiger charge is 2.43. The molecule has 4 nitrogen and oxygen atoms in total. The monoisotopic (exact) mass is 355 g/mol. The lowest BCUT2D eigenvalue weighted by atomic mass is 9.73. The fourth-order valence-corrected chi connectivity index (χ4v) is 3.62. The second-order valence-corrected chi connectivity index (χ2v) is 6.73. The van der Waals surface area contributed by atoms with Crippen molar-refractivity contribution >= 4 is 11.9 Å². The van der Waals surface area contributed by atoms with E-state index in [2.05, 4.69) is 0 Å². The molecule has 2 aromatic carbocycles. The van der Waals surface area contributed by atoms with Crippen molar-refractivity contribution in [2.75, 3.05) is 13.1 Å². The maximum Gasteiger partial charge on any atom is 0.314 e. The molecule has 2 aromatic rings. The normalized spacial score (nSPS) is 16.3. The number of nitrogens with zero attached hydrogens (tertiary/aromatic N) is 1. The molecule has 0 spiro atoms. The number of aliphatic carboxylic acids is 1. The predicted octanol–water partition coefficient (Wildman–Crippen LogP) is 3.40. The Morgan fingerprint density at radius 2 is 1.62 bits per heavy atom. The Morgan fingerprint density at radius 3 is 2.23 bits per heavy atom. The zero-order valence-electron chi connectivity index (χ0n) is 14.5.